The van der Waals surface area contributed by atoms with Crippen LogP contribution in [-0.4, -0.2) is 18.5 Å². The maximum atomic E-state index is 13.5. The summed E-state index contributed by atoms with van der Waals surface area (Å²) in [7, 11) is 0. The minimum atomic E-state index is -0.945. The van der Waals surface area contributed by atoms with Crippen molar-refractivity contribution in [3.63, 3.8) is 0 Å². The van der Waals surface area contributed by atoms with Gasteiger partial charge in [-0.1, -0.05) is 23.7 Å². The molecule has 6 heteroatoms. The Hall–Kier alpha value is -2.40. The van der Waals surface area contributed by atoms with Crippen molar-refractivity contribution >= 4 is 29.2 Å². The lowest BCUT2D eigenvalue weighted by Crippen LogP contribution is -2.21. The Balaban J connectivity index is 1.93. The van der Waals surface area contributed by atoms with E-state index in [1.54, 1.807) is 18.2 Å². The van der Waals surface area contributed by atoms with Gasteiger partial charge in [0.15, 0.2) is 6.61 Å². The van der Waals surface area contributed by atoms with Crippen molar-refractivity contribution in [1.82, 2.24) is 0 Å². The molecule has 0 atom stereocenters. The van der Waals surface area contributed by atoms with E-state index >= 15 is 0 Å². The zero-order valence-corrected chi connectivity index (χ0v) is 12.5. The van der Waals surface area contributed by atoms with Crippen LogP contribution in [0.3, 0.4) is 0 Å². The van der Waals surface area contributed by atoms with Crippen LogP contribution in [0.4, 0.5) is 10.1 Å². The summed E-state index contributed by atoms with van der Waals surface area (Å²) in [5, 5.41) is 2.79. The van der Waals surface area contributed by atoms with E-state index in [0.29, 0.717) is 5.69 Å². The molecule has 0 aliphatic heterocycles. The first-order valence-electron chi connectivity index (χ1n) is 6.44. The topological polar surface area (TPSA) is 55.4 Å². The van der Waals surface area contributed by atoms with E-state index in [1.807, 2.05) is 13.0 Å². The van der Waals surface area contributed by atoms with Crippen molar-refractivity contribution in [2.75, 3.05) is 11.9 Å². The number of carbonyl (C=O) groups is 2. The molecule has 0 heterocycles. The maximum absolute atomic E-state index is 13.5. The molecular weight excluding hydrogens is 309 g/mol. The third-order valence-corrected chi connectivity index (χ3v) is 3.02. The minimum absolute atomic E-state index is 0.206. The van der Waals surface area contributed by atoms with Crippen LogP contribution in [0.15, 0.2) is 42.5 Å². The molecule has 1 N–H and O–H groups in total. The Morgan fingerprint density at radius 2 is 2.00 bits per heavy atom. The van der Waals surface area contributed by atoms with Gasteiger partial charge < -0.3 is 10.1 Å². The molecule has 2 aromatic rings. The van der Waals surface area contributed by atoms with Crippen LogP contribution in [0.25, 0.3) is 0 Å². The second kappa shape index (κ2) is 7.04. The van der Waals surface area contributed by atoms with Gasteiger partial charge in [-0.05, 0) is 42.8 Å². The van der Waals surface area contributed by atoms with Crippen LogP contribution in [0.1, 0.15) is 15.9 Å². The molecule has 1 amide bonds. The standard InChI is InChI=1S/C16H13ClFNO3/c1-10-3-2-4-12(7-10)19-15(20)9-22-16(21)13-8-11(17)5-6-14(13)18/h2-8H,9H2,1H3,(H,19,20). The van der Waals surface area contributed by atoms with Crippen LogP contribution in [0, 0.1) is 12.7 Å². The summed E-state index contributed by atoms with van der Waals surface area (Å²) in [6.07, 6.45) is 0. The van der Waals surface area contributed by atoms with Crippen molar-refractivity contribution in [2.45, 2.75) is 6.92 Å². The summed E-state index contributed by atoms with van der Waals surface area (Å²) in [5.41, 5.74) is 1.27. The highest BCUT2D eigenvalue weighted by Crippen LogP contribution is 2.16. The number of rotatable bonds is 4. The first kappa shape index (κ1) is 16.0. The predicted molar refractivity (Wildman–Crippen MR) is 81.5 cm³/mol. The number of ether oxygens (including phenoxy) is 1. The van der Waals surface area contributed by atoms with E-state index in [0.717, 1.165) is 17.7 Å². The third kappa shape index (κ3) is 4.30. The summed E-state index contributed by atoms with van der Waals surface area (Å²) in [6.45, 7) is 1.37. The second-order valence-corrected chi connectivity index (χ2v) is 5.05. The van der Waals surface area contributed by atoms with Crippen LogP contribution < -0.4 is 5.32 Å². The smallest absolute Gasteiger partial charge is 0.341 e. The number of carbonyl (C=O) groups excluding carboxylic acids is 2. The van der Waals surface area contributed by atoms with Gasteiger partial charge in [0.25, 0.3) is 5.91 Å². The van der Waals surface area contributed by atoms with Gasteiger partial charge in [-0.25, -0.2) is 9.18 Å². The van der Waals surface area contributed by atoms with Crippen molar-refractivity contribution < 1.29 is 18.7 Å². The SMILES string of the molecule is Cc1cccc(NC(=O)COC(=O)c2cc(Cl)ccc2F)c1. The highest BCUT2D eigenvalue weighted by molar-refractivity contribution is 6.30. The van der Waals surface area contributed by atoms with Crippen molar-refractivity contribution in [3.05, 3.63) is 64.4 Å². The molecule has 4 nitrogen and oxygen atoms in total. The van der Waals surface area contributed by atoms with E-state index in [4.69, 9.17) is 16.3 Å². The molecule has 0 unspecified atom stereocenters. The fourth-order valence-corrected chi connectivity index (χ4v) is 1.95. The molecule has 0 spiro atoms. The molecular formula is C16H13ClFNO3. The maximum Gasteiger partial charge on any atom is 0.341 e. The fraction of sp³-hybridized carbons (Fsp3) is 0.125. The lowest BCUT2D eigenvalue weighted by Gasteiger charge is -2.08. The Morgan fingerprint density at radius 1 is 1.23 bits per heavy atom. The predicted octanol–water partition coefficient (Wildman–Crippen LogP) is 3.58. The van der Waals surface area contributed by atoms with Crippen molar-refractivity contribution in [1.29, 1.82) is 0 Å². The Kier molecular flexibility index (Phi) is 5.12. The number of aryl methyl sites for hydroxylation is 1. The minimum Gasteiger partial charge on any atom is -0.452 e. The van der Waals surface area contributed by atoms with Crippen LogP contribution in [0.2, 0.25) is 5.02 Å². The fourth-order valence-electron chi connectivity index (χ4n) is 1.78. The third-order valence-electron chi connectivity index (χ3n) is 2.78. The second-order valence-electron chi connectivity index (χ2n) is 4.62. The van der Waals surface area contributed by atoms with Crippen LogP contribution in [-0.2, 0) is 9.53 Å². The zero-order chi connectivity index (χ0) is 16.1. The molecule has 114 valence electrons. The summed E-state index contributed by atoms with van der Waals surface area (Å²) < 4.78 is 18.3. The average Bonchev–Trinajstić information content (AvgIpc) is 2.47. The molecule has 0 aliphatic carbocycles. The quantitative estimate of drug-likeness (QED) is 0.876. The van der Waals surface area contributed by atoms with Crippen molar-refractivity contribution in [2.24, 2.45) is 0 Å². The first-order valence-corrected chi connectivity index (χ1v) is 6.82. The largest absolute Gasteiger partial charge is 0.452 e. The number of halogens is 2. The molecule has 0 fully saturated rings. The zero-order valence-electron chi connectivity index (χ0n) is 11.7. The molecule has 2 rings (SSSR count). The molecule has 0 saturated carbocycles. The summed E-state index contributed by atoms with van der Waals surface area (Å²) in [4.78, 5) is 23.4. The molecule has 0 aromatic heterocycles. The van der Waals surface area contributed by atoms with E-state index in [1.165, 1.54) is 6.07 Å². The number of esters is 1. The number of anilines is 1. The van der Waals surface area contributed by atoms with Crippen LogP contribution in [0.5, 0.6) is 0 Å². The number of benzene rings is 2. The monoisotopic (exact) mass is 321 g/mol. The molecule has 0 saturated heterocycles. The normalized spacial score (nSPS) is 10.1. The van der Waals surface area contributed by atoms with Gasteiger partial charge in [-0.2, -0.15) is 0 Å². The van der Waals surface area contributed by atoms with Gasteiger partial charge in [-0.15, -0.1) is 0 Å². The van der Waals surface area contributed by atoms with Gasteiger partial charge in [0.1, 0.15) is 5.82 Å². The lowest BCUT2D eigenvalue weighted by atomic mass is 10.2. The van der Waals surface area contributed by atoms with Gasteiger partial charge in [-0.3, -0.25) is 4.79 Å². The van der Waals surface area contributed by atoms with E-state index < -0.39 is 24.3 Å². The Bertz CT molecular complexity index is 718. The van der Waals surface area contributed by atoms with Crippen molar-refractivity contribution in [3.8, 4) is 0 Å². The van der Waals surface area contributed by atoms with E-state index in [2.05, 4.69) is 5.32 Å². The van der Waals surface area contributed by atoms with E-state index in [9.17, 15) is 14.0 Å². The van der Waals surface area contributed by atoms with Gasteiger partial charge in [0.2, 0.25) is 0 Å². The molecule has 22 heavy (non-hydrogen) atoms. The number of amides is 1. The average molecular weight is 322 g/mol. The van der Waals surface area contributed by atoms with Gasteiger partial charge in [0.05, 0.1) is 5.56 Å². The molecule has 0 aliphatic rings. The van der Waals surface area contributed by atoms with Gasteiger partial charge >= 0.3 is 5.97 Å². The summed E-state index contributed by atoms with van der Waals surface area (Å²) in [6, 6.07) is 10.7. The molecule has 0 bridgehead atoms. The highest BCUT2D eigenvalue weighted by atomic mass is 35.5. The number of hydrogen-bond acceptors (Lipinski definition) is 3. The number of nitrogens with one attached hydrogen (secondary N) is 1. The highest BCUT2D eigenvalue weighted by Gasteiger charge is 2.15. The van der Waals surface area contributed by atoms with Crippen LogP contribution >= 0.6 is 11.6 Å². The summed E-state index contributed by atoms with van der Waals surface area (Å²) in [5.74, 6) is -2.21. The molecule has 0 radical (unpaired) electrons. The lowest BCUT2D eigenvalue weighted by molar-refractivity contribution is -0.119. The Labute approximate surface area is 131 Å². The molecule has 2 aromatic carbocycles. The van der Waals surface area contributed by atoms with E-state index in [-0.39, 0.29) is 10.6 Å². The number of hydrogen-bond donors (Lipinski definition) is 1. The van der Waals surface area contributed by atoms with Gasteiger partial charge in [0, 0.05) is 10.7 Å². The Morgan fingerprint density at radius 3 is 2.73 bits per heavy atom. The summed E-state index contributed by atoms with van der Waals surface area (Å²) >= 11 is 5.69. The first-order chi connectivity index (χ1) is 10.5.